The Labute approximate surface area is 85.3 Å². The molecule has 1 aromatic carbocycles. The summed E-state index contributed by atoms with van der Waals surface area (Å²) >= 11 is 0. The Balaban J connectivity index is 2.51. The van der Waals surface area contributed by atoms with Crippen molar-refractivity contribution < 1.29 is 9.21 Å². The number of fused-ring (bicyclic) bond motifs is 3. The fourth-order valence-corrected chi connectivity index (χ4v) is 1.67. The van der Waals surface area contributed by atoms with Gasteiger partial charge in [0.2, 0.25) is 0 Å². The number of benzene rings is 1. The molecule has 0 bridgehead atoms. The Morgan fingerprint density at radius 1 is 1.07 bits per heavy atom. The second kappa shape index (κ2) is 2.92. The molecule has 3 heteroatoms. The van der Waals surface area contributed by atoms with Gasteiger partial charge in [-0.25, -0.2) is 4.98 Å². The molecule has 0 fully saturated rings. The van der Waals surface area contributed by atoms with E-state index >= 15 is 0 Å². The van der Waals surface area contributed by atoms with Crippen LogP contribution in [0, 0.1) is 0 Å². The molecule has 0 spiro atoms. The van der Waals surface area contributed by atoms with Crippen LogP contribution in [0.1, 0.15) is 10.5 Å². The lowest BCUT2D eigenvalue weighted by Gasteiger charge is -1.89. The molecule has 0 aliphatic heterocycles. The van der Waals surface area contributed by atoms with E-state index in [4.69, 9.17) is 4.42 Å². The summed E-state index contributed by atoms with van der Waals surface area (Å²) in [5.41, 5.74) is 2.68. The van der Waals surface area contributed by atoms with Crippen LogP contribution in [-0.2, 0) is 0 Å². The number of furan rings is 1. The molecule has 2 aromatic heterocycles. The Kier molecular flexibility index (Phi) is 1.59. The van der Waals surface area contributed by atoms with Gasteiger partial charge in [-0.05, 0) is 24.3 Å². The second-order valence-electron chi connectivity index (χ2n) is 3.30. The van der Waals surface area contributed by atoms with E-state index in [0.717, 1.165) is 22.8 Å². The summed E-state index contributed by atoms with van der Waals surface area (Å²) in [5.74, 6) is 0. The molecule has 3 aromatic rings. The van der Waals surface area contributed by atoms with Gasteiger partial charge < -0.3 is 4.42 Å². The zero-order chi connectivity index (χ0) is 10.3. The van der Waals surface area contributed by atoms with E-state index in [1.54, 1.807) is 12.1 Å². The molecule has 0 saturated carbocycles. The zero-order valence-corrected chi connectivity index (χ0v) is 7.81. The normalized spacial score (nSPS) is 10.9. The maximum Gasteiger partial charge on any atom is 0.168 e. The highest BCUT2D eigenvalue weighted by atomic mass is 16.3. The van der Waals surface area contributed by atoms with Gasteiger partial charge in [0.15, 0.2) is 11.9 Å². The van der Waals surface area contributed by atoms with E-state index in [9.17, 15) is 4.79 Å². The first-order chi connectivity index (χ1) is 7.38. The summed E-state index contributed by atoms with van der Waals surface area (Å²) in [6.45, 7) is 0. The monoisotopic (exact) mass is 197 g/mol. The highest BCUT2D eigenvalue weighted by molar-refractivity contribution is 6.02. The van der Waals surface area contributed by atoms with Crippen molar-refractivity contribution in [2.45, 2.75) is 0 Å². The lowest BCUT2D eigenvalue weighted by atomic mass is 10.2. The number of aromatic nitrogens is 1. The Bertz CT molecular complexity index is 655. The molecule has 72 valence electrons. The van der Waals surface area contributed by atoms with E-state index in [1.165, 1.54) is 0 Å². The number of nitrogens with zero attached hydrogens (tertiary/aromatic N) is 1. The summed E-state index contributed by atoms with van der Waals surface area (Å²) in [5, 5.41) is 0.941. The van der Waals surface area contributed by atoms with Gasteiger partial charge in [-0.1, -0.05) is 12.1 Å². The maximum atomic E-state index is 10.6. The number of rotatable bonds is 1. The lowest BCUT2D eigenvalue weighted by Crippen LogP contribution is -1.84. The second-order valence-corrected chi connectivity index (χ2v) is 3.30. The average molecular weight is 197 g/mol. The average Bonchev–Trinajstić information content (AvgIpc) is 2.66. The van der Waals surface area contributed by atoms with Crippen molar-refractivity contribution in [3.05, 3.63) is 42.1 Å². The van der Waals surface area contributed by atoms with Crippen LogP contribution in [0.15, 0.2) is 40.8 Å². The van der Waals surface area contributed by atoms with Crippen LogP contribution < -0.4 is 0 Å². The van der Waals surface area contributed by atoms with E-state index in [0.29, 0.717) is 11.3 Å². The molecule has 3 nitrogen and oxygen atoms in total. The number of carbonyl (C=O) groups is 1. The minimum atomic E-state index is 0.425. The SMILES string of the molecule is O=Cc1ccc2oc3ccccc3c2n1. The van der Waals surface area contributed by atoms with Crippen molar-refractivity contribution in [3.63, 3.8) is 0 Å². The van der Waals surface area contributed by atoms with Gasteiger partial charge in [0, 0.05) is 5.39 Å². The topological polar surface area (TPSA) is 43.1 Å². The van der Waals surface area contributed by atoms with Crippen molar-refractivity contribution >= 4 is 28.4 Å². The lowest BCUT2D eigenvalue weighted by molar-refractivity contribution is 0.111. The molecule has 15 heavy (non-hydrogen) atoms. The first kappa shape index (κ1) is 8.17. The molecular weight excluding hydrogens is 190 g/mol. The summed E-state index contributed by atoms with van der Waals surface area (Å²) in [6.07, 6.45) is 0.737. The predicted molar refractivity (Wildman–Crippen MR) is 56.9 cm³/mol. The van der Waals surface area contributed by atoms with Gasteiger partial charge in [-0.15, -0.1) is 0 Å². The molecule has 0 unspecified atom stereocenters. The number of aldehydes is 1. The third-order valence-corrected chi connectivity index (χ3v) is 2.36. The van der Waals surface area contributed by atoms with Crippen molar-refractivity contribution in [1.29, 1.82) is 0 Å². The number of para-hydroxylation sites is 1. The van der Waals surface area contributed by atoms with E-state index < -0.39 is 0 Å². The summed E-state index contributed by atoms with van der Waals surface area (Å²) < 4.78 is 5.57. The summed E-state index contributed by atoms with van der Waals surface area (Å²) in [4.78, 5) is 14.8. The quantitative estimate of drug-likeness (QED) is 0.563. The highest BCUT2D eigenvalue weighted by Crippen LogP contribution is 2.26. The predicted octanol–water partition coefficient (Wildman–Crippen LogP) is 2.79. The van der Waals surface area contributed by atoms with Crippen LogP contribution in [0.25, 0.3) is 22.1 Å². The van der Waals surface area contributed by atoms with Crippen molar-refractivity contribution in [2.24, 2.45) is 0 Å². The zero-order valence-electron chi connectivity index (χ0n) is 7.81. The van der Waals surface area contributed by atoms with Crippen LogP contribution in [-0.4, -0.2) is 11.3 Å². The van der Waals surface area contributed by atoms with E-state index in [1.807, 2.05) is 24.3 Å². The molecule has 0 amide bonds. The molecule has 0 radical (unpaired) electrons. The van der Waals surface area contributed by atoms with Gasteiger partial charge in [-0.2, -0.15) is 0 Å². The van der Waals surface area contributed by atoms with Crippen LogP contribution >= 0.6 is 0 Å². The Morgan fingerprint density at radius 3 is 2.80 bits per heavy atom. The largest absolute Gasteiger partial charge is 0.454 e. The summed E-state index contributed by atoms with van der Waals surface area (Å²) in [6, 6.07) is 11.1. The first-order valence-electron chi connectivity index (χ1n) is 4.62. The molecular formula is C12H7NO2. The number of hydrogen-bond acceptors (Lipinski definition) is 3. The third kappa shape index (κ3) is 1.13. The first-order valence-corrected chi connectivity index (χ1v) is 4.62. The Hall–Kier alpha value is -2.16. The van der Waals surface area contributed by atoms with Crippen molar-refractivity contribution in [1.82, 2.24) is 4.98 Å². The number of hydrogen-bond donors (Lipinski definition) is 0. The molecule has 0 N–H and O–H groups in total. The fraction of sp³-hybridized carbons (Fsp3) is 0. The number of carbonyl (C=O) groups excluding carboxylic acids is 1. The van der Waals surface area contributed by atoms with Crippen LogP contribution in [0.4, 0.5) is 0 Å². The van der Waals surface area contributed by atoms with Crippen LogP contribution in [0.2, 0.25) is 0 Å². The molecule has 0 aliphatic rings. The standard InChI is InChI=1S/C12H7NO2/c14-7-8-5-6-11-12(13-8)9-3-1-2-4-10(9)15-11/h1-7H. The minimum absolute atomic E-state index is 0.425. The maximum absolute atomic E-state index is 10.6. The number of pyridine rings is 1. The molecule has 0 atom stereocenters. The van der Waals surface area contributed by atoms with E-state index in [-0.39, 0.29) is 0 Å². The van der Waals surface area contributed by atoms with E-state index in [2.05, 4.69) is 4.98 Å². The smallest absolute Gasteiger partial charge is 0.168 e. The summed E-state index contributed by atoms with van der Waals surface area (Å²) in [7, 11) is 0. The van der Waals surface area contributed by atoms with Gasteiger partial charge in [0.1, 0.15) is 16.8 Å². The third-order valence-electron chi connectivity index (χ3n) is 2.36. The van der Waals surface area contributed by atoms with Crippen molar-refractivity contribution in [3.8, 4) is 0 Å². The fourth-order valence-electron chi connectivity index (χ4n) is 1.67. The van der Waals surface area contributed by atoms with Crippen molar-refractivity contribution in [2.75, 3.05) is 0 Å². The van der Waals surface area contributed by atoms with Crippen LogP contribution in [0.5, 0.6) is 0 Å². The van der Waals surface area contributed by atoms with Gasteiger partial charge in [0.25, 0.3) is 0 Å². The minimum Gasteiger partial charge on any atom is -0.454 e. The highest BCUT2D eigenvalue weighted by Gasteiger charge is 2.07. The molecule has 3 rings (SSSR count). The van der Waals surface area contributed by atoms with Gasteiger partial charge in [0.05, 0.1) is 0 Å². The van der Waals surface area contributed by atoms with Gasteiger partial charge >= 0.3 is 0 Å². The molecule has 2 heterocycles. The molecule has 0 saturated heterocycles. The van der Waals surface area contributed by atoms with Crippen LogP contribution in [0.3, 0.4) is 0 Å². The molecule has 0 aliphatic carbocycles. The Morgan fingerprint density at radius 2 is 1.93 bits per heavy atom. The van der Waals surface area contributed by atoms with Gasteiger partial charge in [-0.3, -0.25) is 4.79 Å².